The maximum Gasteiger partial charge on any atom is 0.282 e. The Bertz CT molecular complexity index is 1280. The molecule has 0 aromatic heterocycles. The zero-order valence-corrected chi connectivity index (χ0v) is 20.2. The van der Waals surface area contributed by atoms with Gasteiger partial charge in [0.2, 0.25) is 0 Å². The molecule has 4 rings (SSSR count). The molecule has 0 saturated carbocycles. The van der Waals surface area contributed by atoms with Crippen molar-refractivity contribution in [2.24, 2.45) is 0 Å². The van der Waals surface area contributed by atoms with Gasteiger partial charge in [-0.2, -0.15) is 0 Å². The number of amides is 2. The number of rotatable bonds is 7. The number of ether oxygens (including phenoxy) is 1. The molecule has 174 valence electrons. The van der Waals surface area contributed by atoms with Gasteiger partial charge in [0.1, 0.15) is 11.4 Å². The number of carbonyl (C=O) groups excluding carboxylic acids is 2. The van der Waals surface area contributed by atoms with Gasteiger partial charge in [0, 0.05) is 25.5 Å². The summed E-state index contributed by atoms with van der Waals surface area (Å²) in [4.78, 5) is 30.7. The van der Waals surface area contributed by atoms with Gasteiger partial charge in [-0.1, -0.05) is 30.3 Å². The molecule has 0 bridgehead atoms. The van der Waals surface area contributed by atoms with Crippen LogP contribution in [-0.4, -0.2) is 32.5 Å². The third-order valence-corrected chi connectivity index (χ3v) is 5.94. The van der Waals surface area contributed by atoms with Crippen LogP contribution in [0.1, 0.15) is 23.6 Å². The van der Waals surface area contributed by atoms with Gasteiger partial charge in [0.25, 0.3) is 11.8 Å². The Hall–Kier alpha value is -4.06. The fourth-order valence-electron chi connectivity index (χ4n) is 3.94. The highest BCUT2D eigenvalue weighted by molar-refractivity contribution is 6.46. The van der Waals surface area contributed by atoms with Crippen molar-refractivity contribution in [1.82, 2.24) is 0 Å². The summed E-state index contributed by atoms with van der Waals surface area (Å²) in [5.74, 6) is -0.308. The second kappa shape index (κ2) is 9.43. The van der Waals surface area contributed by atoms with Crippen LogP contribution in [-0.2, 0) is 9.59 Å². The molecule has 1 aliphatic heterocycles. The monoisotopic (exact) mass is 455 g/mol. The highest BCUT2D eigenvalue weighted by atomic mass is 16.5. The highest BCUT2D eigenvalue weighted by Gasteiger charge is 2.41. The largest absolute Gasteiger partial charge is 0.492 e. The Labute approximate surface area is 200 Å². The van der Waals surface area contributed by atoms with E-state index in [2.05, 4.69) is 5.32 Å². The Morgan fingerprint density at radius 2 is 1.59 bits per heavy atom. The van der Waals surface area contributed by atoms with Crippen LogP contribution in [0.3, 0.4) is 0 Å². The maximum absolute atomic E-state index is 13.8. The van der Waals surface area contributed by atoms with E-state index in [1.54, 1.807) is 18.2 Å². The second-order valence-electron chi connectivity index (χ2n) is 8.46. The molecule has 2 amide bonds. The predicted molar refractivity (Wildman–Crippen MR) is 137 cm³/mol. The minimum Gasteiger partial charge on any atom is -0.492 e. The van der Waals surface area contributed by atoms with Crippen LogP contribution < -0.4 is 19.9 Å². The molecule has 1 heterocycles. The summed E-state index contributed by atoms with van der Waals surface area (Å²) >= 11 is 0. The summed E-state index contributed by atoms with van der Waals surface area (Å²) in [6.45, 7) is 6.31. The number of para-hydroxylation sites is 2. The molecular weight excluding hydrogens is 426 g/mol. The lowest BCUT2D eigenvalue weighted by Crippen LogP contribution is -2.32. The topological polar surface area (TPSA) is 61.9 Å². The molecule has 0 unspecified atom stereocenters. The average molecular weight is 456 g/mol. The molecular formula is C28H29N3O3. The number of hydrogen-bond acceptors (Lipinski definition) is 5. The molecule has 0 saturated heterocycles. The van der Waals surface area contributed by atoms with E-state index in [0.717, 1.165) is 22.5 Å². The molecule has 6 nitrogen and oxygen atoms in total. The van der Waals surface area contributed by atoms with E-state index in [1.807, 2.05) is 88.3 Å². The summed E-state index contributed by atoms with van der Waals surface area (Å²) < 4.78 is 5.72. The minimum atomic E-state index is -0.415. The fraction of sp³-hybridized carbons (Fsp3) is 0.214. The Kier molecular flexibility index (Phi) is 6.41. The van der Waals surface area contributed by atoms with Gasteiger partial charge in [-0.15, -0.1) is 0 Å². The molecule has 0 radical (unpaired) electrons. The van der Waals surface area contributed by atoms with Crippen molar-refractivity contribution >= 4 is 34.4 Å². The lowest BCUT2D eigenvalue weighted by atomic mass is 9.99. The molecule has 6 heteroatoms. The molecule has 0 aliphatic carbocycles. The van der Waals surface area contributed by atoms with Crippen molar-refractivity contribution < 1.29 is 14.3 Å². The number of anilines is 3. The molecule has 0 fully saturated rings. The number of imide groups is 1. The summed E-state index contributed by atoms with van der Waals surface area (Å²) in [6.07, 6.45) is 0. The van der Waals surface area contributed by atoms with Crippen molar-refractivity contribution in [3.63, 3.8) is 0 Å². The van der Waals surface area contributed by atoms with Gasteiger partial charge >= 0.3 is 0 Å². The number of carbonyl (C=O) groups is 2. The van der Waals surface area contributed by atoms with Crippen LogP contribution in [0.2, 0.25) is 0 Å². The Balaban J connectivity index is 1.82. The Morgan fingerprint density at radius 1 is 0.882 bits per heavy atom. The van der Waals surface area contributed by atoms with Crippen LogP contribution >= 0.6 is 0 Å². The zero-order valence-electron chi connectivity index (χ0n) is 20.2. The van der Waals surface area contributed by atoms with Crippen LogP contribution in [0.15, 0.2) is 72.4 Å². The standard InChI is InChI=1S/C28H29N3O3/c1-6-34-24-10-8-7-9-23(24)31-27(32)25(20-12-11-18(2)19(3)17-20)26(28(31)33)29-21-13-15-22(16-14-21)30(4)5/h7-17,29H,6H2,1-5H3. The van der Waals surface area contributed by atoms with Gasteiger partial charge in [-0.05, 0) is 73.9 Å². The van der Waals surface area contributed by atoms with E-state index in [4.69, 9.17) is 4.74 Å². The van der Waals surface area contributed by atoms with Crippen molar-refractivity contribution in [2.75, 3.05) is 35.8 Å². The molecule has 1 aliphatic rings. The Morgan fingerprint density at radius 3 is 2.24 bits per heavy atom. The van der Waals surface area contributed by atoms with Crippen molar-refractivity contribution in [3.8, 4) is 5.75 Å². The minimum absolute atomic E-state index is 0.247. The summed E-state index contributed by atoms with van der Waals surface area (Å²) in [7, 11) is 3.94. The first-order valence-electron chi connectivity index (χ1n) is 11.3. The molecule has 3 aromatic rings. The van der Waals surface area contributed by atoms with E-state index in [1.165, 1.54) is 4.90 Å². The van der Waals surface area contributed by atoms with Gasteiger partial charge < -0.3 is 15.0 Å². The molecule has 3 aromatic carbocycles. The van der Waals surface area contributed by atoms with Crippen molar-refractivity contribution in [3.05, 3.63) is 89.1 Å². The lowest BCUT2D eigenvalue weighted by Gasteiger charge is -2.19. The third-order valence-electron chi connectivity index (χ3n) is 5.94. The summed E-state index contributed by atoms with van der Waals surface area (Å²) in [5.41, 5.74) is 5.65. The summed E-state index contributed by atoms with van der Waals surface area (Å²) in [5, 5.41) is 3.23. The average Bonchev–Trinajstić information content (AvgIpc) is 3.06. The van der Waals surface area contributed by atoms with Gasteiger partial charge in [0.05, 0.1) is 17.9 Å². The summed E-state index contributed by atoms with van der Waals surface area (Å²) in [6, 6.07) is 20.6. The normalized spacial score (nSPS) is 13.5. The van der Waals surface area contributed by atoms with E-state index in [0.29, 0.717) is 29.2 Å². The number of hydrogen-bond donors (Lipinski definition) is 1. The predicted octanol–water partition coefficient (Wildman–Crippen LogP) is 5.16. The smallest absolute Gasteiger partial charge is 0.282 e. The zero-order chi connectivity index (χ0) is 24.4. The molecule has 0 spiro atoms. The molecule has 0 atom stereocenters. The van der Waals surface area contributed by atoms with E-state index in [-0.39, 0.29) is 11.6 Å². The van der Waals surface area contributed by atoms with Gasteiger partial charge in [-0.3, -0.25) is 9.59 Å². The number of aryl methyl sites for hydroxylation is 2. The van der Waals surface area contributed by atoms with Crippen LogP contribution in [0.5, 0.6) is 5.75 Å². The second-order valence-corrected chi connectivity index (χ2v) is 8.46. The first kappa shape index (κ1) is 23.1. The van der Waals surface area contributed by atoms with Crippen molar-refractivity contribution in [2.45, 2.75) is 20.8 Å². The lowest BCUT2D eigenvalue weighted by molar-refractivity contribution is -0.120. The van der Waals surface area contributed by atoms with E-state index >= 15 is 0 Å². The number of nitrogens with one attached hydrogen (secondary N) is 1. The number of nitrogens with zero attached hydrogens (tertiary/aromatic N) is 2. The van der Waals surface area contributed by atoms with Gasteiger partial charge in [-0.25, -0.2) is 4.90 Å². The first-order valence-corrected chi connectivity index (χ1v) is 11.3. The van der Waals surface area contributed by atoms with Crippen LogP contribution in [0.4, 0.5) is 17.1 Å². The molecule has 34 heavy (non-hydrogen) atoms. The first-order chi connectivity index (χ1) is 16.3. The molecule has 1 N–H and O–H groups in total. The number of benzene rings is 3. The third kappa shape index (κ3) is 4.27. The van der Waals surface area contributed by atoms with Crippen LogP contribution in [0, 0.1) is 13.8 Å². The van der Waals surface area contributed by atoms with E-state index in [9.17, 15) is 9.59 Å². The van der Waals surface area contributed by atoms with E-state index < -0.39 is 5.91 Å². The van der Waals surface area contributed by atoms with Crippen molar-refractivity contribution in [1.29, 1.82) is 0 Å². The highest BCUT2D eigenvalue weighted by Crippen LogP contribution is 2.38. The quantitative estimate of drug-likeness (QED) is 0.499. The van der Waals surface area contributed by atoms with Crippen LogP contribution in [0.25, 0.3) is 5.57 Å². The van der Waals surface area contributed by atoms with Gasteiger partial charge in [0.15, 0.2) is 0 Å². The SMILES string of the molecule is CCOc1ccccc1N1C(=O)C(Nc2ccc(N(C)C)cc2)=C(c2ccc(C)c(C)c2)C1=O. The maximum atomic E-state index is 13.8. The fourth-order valence-corrected chi connectivity index (χ4v) is 3.94.